The molecule has 2 atom stereocenters. The maximum absolute atomic E-state index is 5.82. The van der Waals surface area contributed by atoms with E-state index in [1.165, 1.54) is 37.7 Å². The zero-order valence-electron chi connectivity index (χ0n) is 11.4. The second-order valence-corrected chi connectivity index (χ2v) is 5.80. The second kappa shape index (κ2) is 4.67. The molecule has 1 saturated carbocycles. The van der Waals surface area contributed by atoms with Crippen molar-refractivity contribution < 1.29 is 4.74 Å². The summed E-state index contributed by atoms with van der Waals surface area (Å²) in [5.74, 6) is 0.728. The molecule has 1 N–H and O–H groups in total. The maximum Gasteiger partial charge on any atom is 0.0831 e. The Bertz CT molecular complexity index is 419. The van der Waals surface area contributed by atoms with Crippen molar-refractivity contribution in [2.45, 2.75) is 49.7 Å². The van der Waals surface area contributed by atoms with Crippen molar-refractivity contribution >= 4 is 0 Å². The molecule has 0 spiro atoms. The molecule has 1 fully saturated rings. The van der Waals surface area contributed by atoms with Crippen LogP contribution < -0.4 is 5.32 Å². The minimum absolute atomic E-state index is 0.110. The van der Waals surface area contributed by atoms with Gasteiger partial charge in [0.05, 0.1) is 5.60 Å². The summed E-state index contributed by atoms with van der Waals surface area (Å²) in [4.78, 5) is 0. The Labute approximate surface area is 110 Å². The number of hydrogen-bond donors (Lipinski definition) is 1. The van der Waals surface area contributed by atoms with Crippen LogP contribution in [0.25, 0.3) is 0 Å². The van der Waals surface area contributed by atoms with Crippen molar-refractivity contribution in [1.82, 2.24) is 5.32 Å². The smallest absolute Gasteiger partial charge is 0.0831 e. The van der Waals surface area contributed by atoms with Crippen LogP contribution in [0.2, 0.25) is 0 Å². The molecular formula is C16H23NO. The first-order valence-electron chi connectivity index (χ1n) is 7.09. The van der Waals surface area contributed by atoms with E-state index in [0.29, 0.717) is 6.04 Å². The minimum atomic E-state index is 0.110. The normalized spacial score (nSPS) is 25.8. The summed E-state index contributed by atoms with van der Waals surface area (Å²) in [7, 11) is 3.95. The van der Waals surface area contributed by atoms with Gasteiger partial charge in [-0.05, 0) is 56.2 Å². The Hall–Kier alpha value is -0.860. The van der Waals surface area contributed by atoms with E-state index < -0.39 is 0 Å². The van der Waals surface area contributed by atoms with Crippen LogP contribution in [0.3, 0.4) is 0 Å². The largest absolute Gasteiger partial charge is 0.377 e. The van der Waals surface area contributed by atoms with Crippen molar-refractivity contribution in [1.29, 1.82) is 0 Å². The molecule has 0 aliphatic heterocycles. The van der Waals surface area contributed by atoms with Gasteiger partial charge in [0.1, 0.15) is 0 Å². The molecule has 0 amide bonds. The Morgan fingerprint density at radius 3 is 2.72 bits per heavy atom. The van der Waals surface area contributed by atoms with Gasteiger partial charge in [-0.1, -0.05) is 24.3 Å². The SMILES string of the molecule is CNC(CC1Cc2ccccc21)C1(OC)CCC1. The van der Waals surface area contributed by atoms with Gasteiger partial charge in [-0.15, -0.1) is 0 Å². The lowest BCUT2D eigenvalue weighted by atomic mass is 9.67. The van der Waals surface area contributed by atoms with Gasteiger partial charge in [0, 0.05) is 13.2 Å². The van der Waals surface area contributed by atoms with Crippen molar-refractivity contribution in [2.24, 2.45) is 0 Å². The Kier molecular flexibility index (Phi) is 3.16. The van der Waals surface area contributed by atoms with Gasteiger partial charge in [0.15, 0.2) is 0 Å². The maximum atomic E-state index is 5.82. The summed E-state index contributed by atoms with van der Waals surface area (Å²) in [5, 5.41) is 3.50. The second-order valence-electron chi connectivity index (χ2n) is 5.80. The summed E-state index contributed by atoms with van der Waals surface area (Å²) in [6.45, 7) is 0. The highest BCUT2D eigenvalue weighted by atomic mass is 16.5. The third-order valence-corrected chi connectivity index (χ3v) is 5.07. The minimum Gasteiger partial charge on any atom is -0.377 e. The fourth-order valence-corrected chi connectivity index (χ4v) is 3.67. The first-order valence-corrected chi connectivity index (χ1v) is 7.09. The Balaban J connectivity index is 1.69. The summed E-state index contributed by atoms with van der Waals surface area (Å²) in [5.41, 5.74) is 3.21. The van der Waals surface area contributed by atoms with Crippen molar-refractivity contribution in [3.8, 4) is 0 Å². The lowest BCUT2D eigenvalue weighted by Gasteiger charge is -2.48. The number of ether oxygens (including phenoxy) is 1. The van der Waals surface area contributed by atoms with Gasteiger partial charge in [0.2, 0.25) is 0 Å². The third-order valence-electron chi connectivity index (χ3n) is 5.07. The van der Waals surface area contributed by atoms with Crippen molar-refractivity contribution in [3.63, 3.8) is 0 Å². The number of nitrogens with one attached hydrogen (secondary N) is 1. The molecular weight excluding hydrogens is 222 g/mol. The Morgan fingerprint density at radius 1 is 1.39 bits per heavy atom. The Morgan fingerprint density at radius 2 is 2.17 bits per heavy atom. The molecule has 2 aliphatic carbocycles. The quantitative estimate of drug-likeness (QED) is 0.861. The molecule has 0 saturated heterocycles. The molecule has 2 aliphatic rings. The number of fused-ring (bicyclic) bond motifs is 1. The van der Waals surface area contributed by atoms with E-state index >= 15 is 0 Å². The molecule has 3 rings (SSSR count). The summed E-state index contributed by atoms with van der Waals surface area (Å²) >= 11 is 0. The number of methoxy groups -OCH3 is 1. The van der Waals surface area contributed by atoms with Gasteiger partial charge in [-0.3, -0.25) is 0 Å². The standard InChI is InChI=1S/C16H23NO/c1-17-15(16(18-2)8-5-9-16)11-13-10-12-6-3-4-7-14(12)13/h3-4,6-7,13,15,17H,5,8-11H2,1-2H3. The fraction of sp³-hybridized carbons (Fsp3) is 0.625. The van der Waals surface area contributed by atoms with Crippen molar-refractivity contribution in [2.75, 3.05) is 14.2 Å². The lowest BCUT2D eigenvalue weighted by Crippen LogP contribution is -2.56. The van der Waals surface area contributed by atoms with Crippen molar-refractivity contribution in [3.05, 3.63) is 35.4 Å². The van der Waals surface area contributed by atoms with E-state index in [-0.39, 0.29) is 5.60 Å². The van der Waals surface area contributed by atoms with Crippen LogP contribution in [0.5, 0.6) is 0 Å². The van der Waals surface area contributed by atoms with Gasteiger partial charge in [0.25, 0.3) is 0 Å². The van der Waals surface area contributed by atoms with Crippen LogP contribution in [0.15, 0.2) is 24.3 Å². The zero-order valence-corrected chi connectivity index (χ0v) is 11.4. The van der Waals surface area contributed by atoms with E-state index in [2.05, 4.69) is 36.6 Å². The highest BCUT2D eigenvalue weighted by Crippen LogP contribution is 2.44. The molecule has 0 aromatic heterocycles. The van der Waals surface area contributed by atoms with E-state index in [1.807, 2.05) is 7.11 Å². The summed E-state index contributed by atoms with van der Waals surface area (Å²) < 4.78 is 5.82. The topological polar surface area (TPSA) is 21.3 Å². The van der Waals surface area contributed by atoms with E-state index in [4.69, 9.17) is 4.74 Å². The molecule has 0 radical (unpaired) electrons. The van der Waals surface area contributed by atoms with Gasteiger partial charge >= 0.3 is 0 Å². The summed E-state index contributed by atoms with van der Waals surface area (Å²) in [6, 6.07) is 9.35. The average Bonchev–Trinajstić information content (AvgIpc) is 2.32. The average molecular weight is 245 g/mol. The fourth-order valence-electron chi connectivity index (χ4n) is 3.67. The van der Waals surface area contributed by atoms with E-state index in [1.54, 1.807) is 5.56 Å². The third kappa shape index (κ3) is 1.79. The summed E-state index contributed by atoms with van der Waals surface area (Å²) in [6.07, 6.45) is 6.19. The monoisotopic (exact) mass is 245 g/mol. The number of hydrogen-bond acceptors (Lipinski definition) is 2. The molecule has 18 heavy (non-hydrogen) atoms. The lowest BCUT2D eigenvalue weighted by molar-refractivity contribution is -0.1000. The molecule has 2 heteroatoms. The van der Waals surface area contributed by atoms with Gasteiger partial charge in [-0.2, -0.15) is 0 Å². The molecule has 0 heterocycles. The molecule has 1 aromatic carbocycles. The van der Waals surface area contributed by atoms with E-state index in [9.17, 15) is 0 Å². The van der Waals surface area contributed by atoms with E-state index in [0.717, 1.165) is 5.92 Å². The van der Waals surface area contributed by atoms with Crippen LogP contribution in [-0.4, -0.2) is 25.8 Å². The van der Waals surface area contributed by atoms with Gasteiger partial charge < -0.3 is 10.1 Å². The number of rotatable bonds is 5. The predicted octanol–water partition coefficient (Wildman–Crippen LogP) is 2.87. The van der Waals surface area contributed by atoms with Crippen LogP contribution in [0.1, 0.15) is 42.7 Å². The molecule has 2 unspecified atom stereocenters. The van der Waals surface area contributed by atoms with Crippen LogP contribution in [-0.2, 0) is 11.2 Å². The first kappa shape index (κ1) is 12.2. The molecule has 1 aromatic rings. The molecule has 2 nitrogen and oxygen atoms in total. The molecule has 0 bridgehead atoms. The highest BCUT2D eigenvalue weighted by molar-refractivity contribution is 5.40. The first-order chi connectivity index (χ1) is 8.79. The van der Waals surface area contributed by atoms with Crippen LogP contribution >= 0.6 is 0 Å². The molecule has 98 valence electrons. The number of likely N-dealkylation sites (N-methyl/N-ethyl adjacent to an activating group) is 1. The van der Waals surface area contributed by atoms with Crippen LogP contribution in [0, 0.1) is 0 Å². The van der Waals surface area contributed by atoms with Crippen LogP contribution in [0.4, 0.5) is 0 Å². The van der Waals surface area contributed by atoms with Gasteiger partial charge in [-0.25, -0.2) is 0 Å². The number of benzene rings is 1. The zero-order chi connectivity index (χ0) is 12.6. The predicted molar refractivity (Wildman–Crippen MR) is 73.9 cm³/mol. The highest BCUT2D eigenvalue weighted by Gasteiger charge is 2.45.